The van der Waals surface area contributed by atoms with Gasteiger partial charge in [-0.3, -0.25) is 4.79 Å². The van der Waals surface area contributed by atoms with Crippen molar-refractivity contribution in [1.82, 2.24) is 0 Å². The fourth-order valence-electron chi connectivity index (χ4n) is 2.17. The molecule has 0 saturated carbocycles. The Labute approximate surface area is 131 Å². The number of phenols is 2. The Bertz CT molecular complexity index is 844. The smallest absolute Gasteiger partial charge is 0.343 e. The second kappa shape index (κ2) is 5.81. The van der Waals surface area contributed by atoms with Crippen LogP contribution in [0.1, 0.15) is 21.5 Å². The van der Waals surface area contributed by atoms with E-state index in [1.165, 1.54) is 12.1 Å². The fourth-order valence-corrected chi connectivity index (χ4v) is 2.17. The first kappa shape index (κ1) is 14.6. The lowest BCUT2D eigenvalue weighted by Gasteiger charge is -2.01. The number of carbonyl (C=O) groups is 2. The lowest BCUT2D eigenvalue weighted by Crippen LogP contribution is -1.97. The SMILES string of the molecule is O=Cc1ccc(C2=C/C(=C\c3ccc(O)c(O)c3)C(=O)O2)cc1. The second-order valence-corrected chi connectivity index (χ2v) is 4.99. The van der Waals surface area contributed by atoms with Gasteiger partial charge < -0.3 is 14.9 Å². The lowest BCUT2D eigenvalue weighted by molar-refractivity contribution is -0.130. The van der Waals surface area contributed by atoms with Gasteiger partial charge in [0.1, 0.15) is 12.0 Å². The first-order valence-corrected chi connectivity index (χ1v) is 6.80. The highest BCUT2D eigenvalue weighted by Gasteiger charge is 2.22. The average molecular weight is 308 g/mol. The maximum Gasteiger partial charge on any atom is 0.343 e. The average Bonchev–Trinajstić information content (AvgIpc) is 2.92. The Morgan fingerprint density at radius 2 is 1.61 bits per heavy atom. The van der Waals surface area contributed by atoms with Crippen LogP contribution in [0.2, 0.25) is 0 Å². The largest absolute Gasteiger partial charge is 0.504 e. The van der Waals surface area contributed by atoms with E-state index in [0.717, 1.165) is 6.29 Å². The third-order valence-corrected chi connectivity index (χ3v) is 3.38. The van der Waals surface area contributed by atoms with Gasteiger partial charge in [-0.25, -0.2) is 4.79 Å². The number of phenolic OH excluding ortho intramolecular Hbond substituents is 2. The molecule has 0 unspecified atom stereocenters. The van der Waals surface area contributed by atoms with E-state index in [9.17, 15) is 19.8 Å². The lowest BCUT2D eigenvalue weighted by atomic mass is 10.1. The molecule has 2 N–H and O–H groups in total. The normalized spacial score (nSPS) is 15.4. The van der Waals surface area contributed by atoms with Crippen molar-refractivity contribution in [3.05, 3.63) is 70.8 Å². The first-order chi connectivity index (χ1) is 11.1. The highest BCUT2D eigenvalue weighted by molar-refractivity contribution is 6.05. The van der Waals surface area contributed by atoms with E-state index in [1.807, 2.05) is 0 Å². The van der Waals surface area contributed by atoms with Crippen LogP contribution in [0.4, 0.5) is 0 Å². The summed E-state index contributed by atoms with van der Waals surface area (Å²) in [4.78, 5) is 22.6. The summed E-state index contributed by atoms with van der Waals surface area (Å²) in [5.41, 5.74) is 2.10. The van der Waals surface area contributed by atoms with Gasteiger partial charge in [0, 0.05) is 11.1 Å². The molecule has 0 spiro atoms. The molecule has 1 aliphatic rings. The number of ether oxygens (including phenoxy) is 1. The van der Waals surface area contributed by atoms with Crippen molar-refractivity contribution in [2.45, 2.75) is 0 Å². The molecule has 1 heterocycles. The van der Waals surface area contributed by atoms with Crippen LogP contribution in [0.25, 0.3) is 11.8 Å². The van der Waals surface area contributed by atoms with E-state index in [1.54, 1.807) is 42.5 Å². The zero-order chi connectivity index (χ0) is 16.4. The molecule has 3 rings (SSSR count). The molecule has 0 saturated heterocycles. The zero-order valence-electron chi connectivity index (χ0n) is 11.9. The Morgan fingerprint density at radius 1 is 0.913 bits per heavy atom. The molecule has 0 amide bonds. The number of rotatable bonds is 3. The molecule has 5 heteroatoms. The predicted molar refractivity (Wildman–Crippen MR) is 83.6 cm³/mol. The second-order valence-electron chi connectivity index (χ2n) is 4.99. The summed E-state index contributed by atoms with van der Waals surface area (Å²) in [5, 5.41) is 18.8. The highest BCUT2D eigenvalue weighted by Crippen LogP contribution is 2.30. The predicted octanol–water partition coefficient (Wildman–Crippen LogP) is 2.89. The van der Waals surface area contributed by atoms with Crippen molar-refractivity contribution >= 4 is 24.1 Å². The van der Waals surface area contributed by atoms with Crippen LogP contribution in [0, 0.1) is 0 Å². The third kappa shape index (κ3) is 2.98. The minimum absolute atomic E-state index is 0.229. The Hall–Kier alpha value is -3.34. The van der Waals surface area contributed by atoms with E-state index >= 15 is 0 Å². The molecule has 5 nitrogen and oxygen atoms in total. The van der Waals surface area contributed by atoms with Crippen LogP contribution in [-0.4, -0.2) is 22.5 Å². The Morgan fingerprint density at radius 3 is 2.26 bits per heavy atom. The zero-order valence-corrected chi connectivity index (χ0v) is 11.9. The van der Waals surface area contributed by atoms with E-state index in [0.29, 0.717) is 28.0 Å². The standard InChI is InChI=1S/C18H12O5/c19-10-11-1-4-13(5-2-11)17-9-14(18(22)23-17)7-12-3-6-15(20)16(21)8-12/h1-10,20-21H/b14-7+. The molecule has 23 heavy (non-hydrogen) atoms. The monoisotopic (exact) mass is 308 g/mol. The molecular weight excluding hydrogens is 296 g/mol. The van der Waals surface area contributed by atoms with Crippen LogP contribution < -0.4 is 0 Å². The minimum Gasteiger partial charge on any atom is -0.504 e. The van der Waals surface area contributed by atoms with Crippen molar-refractivity contribution in [1.29, 1.82) is 0 Å². The van der Waals surface area contributed by atoms with Crippen LogP contribution in [0.15, 0.2) is 54.1 Å². The van der Waals surface area contributed by atoms with Gasteiger partial charge in [0.25, 0.3) is 0 Å². The van der Waals surface area contributed by atoms with Gasteiger partial charge in [0.2, 0.25) is 0 Å². The molecule has 0 fully saturated rings. The maximum atomic E-state index is 11.9. The van der Waals surface area contributed by atoms with Gasteiger partial charge in [-0.15, -0.1) is 0 Å². The van der Waals surface area contributed by atoms with Gasteiger partial charge in [-0.05, 0) is 29.8 Å². The molecule has 0 aliphatic carbocycles. The maximum absolute atomic E-state index is 11.9. The Balaban J connectivity index is 1.92. The van der Waals surface area contributed by atoms with Gasteiger partial charge in [-0.1, -0.05) is 30.3 Å². The van der Waals surface area contributed by atoms with Crippen LogP contribution in [-0.2, 0) is 9.53 Å². The number of cyclic esters (lactones) is 1. The fraction of sp³-hybridized carbons (Fsp3) is 0. The molecule has 1 aliphatic heterocycles. The van der Waals surface area contributed by atoms with Crippen molar-refractivity contribution in [2.75, 3.05) is 0 Å². The molecule has 0 radical (unpaired) electrons. The molecule has 0 aromatic heterocycles. The van der Waals surface area contributed by atoms with Gasteiger partial charge in [0.15, 0.2) is 11.5 Å². The number of aldehydes is 1. The Kier molecular flexibility index (Phi) is 3.68. The summed E-state index contributed by atoms with van der Waals surface area (Å²) in [6.45, 7) is 0. The minimum atomic E-state index is -0.507. The molecule has 0 bridgehead atoms. The van der Waals surface area contributed by atoms with Crippen molar-refractivity contribution < 1.29 is 24.5 Å². The third-order valence-electron chi connectivity index (χ3n) is 3.38. The van der Waals surface area contributed by atoms with Crippen molar-refractivity contribution in [3.8, 4) is 11.5 Å². The summed E-state index contributed by atoms with van der Waals surface area (Å²) >= 11 is 0. The number of benzene rings is 2. The molecular formula is C18H12O5. The van der Waals surface area contributed by atoms with Crippen molar-refractivity contribution in [3.63, 3.8) is 0 Å². The van der Waals surface area contributed by atoms with Gasteiger partial charge in [0.05, 0.1) is 5.57 Å². The van der Waals surface area contributed by atoms with E-state index < -0.39 is 5.97 Å². The number of hydrogen-bond donors (Lipinski definition) is 2. The van der Waals surface area contributed by atoms with Crippen LogP contribution in [0.5, 0.6) is 11.5 Å². The number of esters is 1. The molecule has 0 atom stereocenters. The number of hydrogen-bond acceptors (Lipinski definition) is 5. The summed E-state index contributed by atoms with van der Waals surface area (Å²) in [6, 6.07) is 10.9. The van der Waals surface area contributed by atoms with E-state index in [-0.39, 0.29) is 11.5 Å². The quantitative estimate of drug-likeness (QED) is 0.394. The molecule has 2 aromatic rings. The summed E-state index contributed by atoms with van der Waals surface area (Å²) in [5.74, 6) is -0.610. The van der Waals surface area contributed by atoms with Crippen LogP contribution >= 0.6 is 0 Å². The van der Waals surface area contributed by atoms with Gasteiger partial charge in [-0.2, -0.15) is 0 Å². The van der Waals surface area contributed by atoms with E-state index in [4.69, 9.17) is 4.74 Å². The number of carbonyl (C=O) groups excluding carboxylic acids is 2. The summed E-state index contributed by atoms with van der Waals surface area (Å²) in [7, 11) is 0. The number of aromatic hydroxyl groups is 2. The van der Waals surface area contributed by atoms with Crippen LogP contribution in [0.3, 0.4) is 0 Å². The van der Waals surface area contributed by atoms with E-state index in [2.05, 4.69) is 0 Å². The topological polar surface area (TPSA) is 83.8 Å². The molecule has 114 valence electrons. The highest BCUT2D eigenvalue weighted by atomic mass is 16.5. The first-order valence-electron chi connectivity index (χ1n) is 6.80. The van der Waals surface area contributed by atoms with Gasteiger partial charge >= 0.3 is 5.97 Å². The van der Waals surface area contributed by atoms with Crippen molar-refractivity contribution in [2.24, 2.45) is 0 Å². The summed E-state index contributed by atoms with van der Waals surface area (Å²) < 4.78 is 5.21. The molecule has 2 aromatic carbocycles. The summed E-state index contributed by atoms with van der Waals surface area (Å²) in [6.07, 6.45) is 3.87.